The van der Waals surface area contributed by atoms with Crippen molar-refractivity contribution >= 4 is 35.2 Å². The molecule has 5 amide bonds. The third kappa shape index (κ3) is 4.59. The van der Waals surface area contributed by atoms with Crippen LogP contribution < -0.4 is 15.5 Å². The Balaban J connectivity index is 1.27. The SMILES string of the molecule is CC1(CNC(=O)c2ccc(F)cc2)CCN(c2cccc3c2C(=O)N(C2CCC(=O)NC2=O)C3=O)CC1. The van der Waals surface area contributed by atoms with Crippen molar-refractivity contribution in [1.82, 2.24) is 15.5 Å². The highest BCUT2D eigenvalue weighted by atomic mass is 19.1. The predicted molar refractivity (Wildman–Crippen MR) is 131 cm³/mol. The lowest BCUT2D eigenvalue weighted by Crippen LogP contribution is -2.54. The molecule has 1 unspecified atom stereocenters. The van der Waals surface area contributed by atoms with Crippen molar-refractivity contribution in [2.45, 2.75) is 38.6 Å². The minimum atomic E-state index is -1.01. The van der Waals surface area contributed by atoms with Crippen LogP contribution >= 0.6 is 0 Å². The lowest BCUT2D eigenvalue weighted by molar-refractivity contribution is -0.136. The quantitative estimate of drug-likeness (QED) is 0.601. The topological polar surface area (TPSA) is 116 Å². The molecular formula is C27H27FN4O5. The van der Waals surface area contributed by atoms with E-state index in [4.69, 9.17) is 0 Å². The Morgan fingerprint density at radius 1 is 1.05 bits per heavy atom. The van der Waals surface area contributed by atoms with Crippen LogP contribution in [0.1, 0.15) is 63.7 Å². The summed E-state index contributed by atoms with van der Waals surface area (Å²) in [6, 6.07) is 9.50. The third-order valence-electron chi connectivity index (χ3n) is 7.54. The number of hydrogen-bond acceptors (Lipinski definition) is 6. The van der Waals surface area contributed by atoms with Crippen molar-refractivity contribution in [3.05, 3.63) is 65.0 Å². The number of piperidine rings is 2. The first kappa shape index (κ1) is 24.6. The van der Waals surface area contributed by atoms with E-state index < -0.39 is 35.5 Å². The molecular weight excluding hydrogens is 479 g/mol. The summed E-state index contributed by atoms with van der Waals surface area (Å²) in [7, 11) is 0. The van der Waals surface area contributed by atoms with Crippen LogP contribution in [0.25, 0.3) is 0 Å². The number of nitrogens with one attached hydrogen (secondary N) is 2. The lowest BCUT2D eigenvalue weighted by Gasteiger charge is -2.41. The molecule has 2 saturated heterocycles. The summed E-state index contributed by atoms with van der Waals surface area (Å²) < 4.78 is 13.1. The number of rotatable bonds is 5. The first-order valence-electron chi connectivity index (χ1n) is 12.3. The molecule has 2 aromatic carbocycles. The molecule has 0 spiro atoms. The van der Waals surface area contributed by atoms with Gasteiger partial charge in [-0.1, -0.05) is 13.0 Å². The number of fused-ring (bicyclic) bond motifs is 1. The van der Waals surface area contributed by atoms with E-state index in [2.05, 4.69) is 22.5 Å². The zero-order chi connectivity index (χ0) is 26.3. The molecule has 5 rings (SSSR count). The number of halogens is 1. The molecule has 0 saturated carbocycles. The number of hydrogen-bond donors (Lipinski definition) is 2. The number of imide groups is 2. The van der Waals surface area contributed by atoms with Gasteiger partial charge < -0.3 is 10.2 Å². The second kappa shape index (κ2) is 9.42. The van der Waals surface area contributed by atoms with Gasteiger partial charge in [0.2, 0.25) is 11.8 Å². The highest BCUT2D eigenvalue weighted by Gasteiger charge is 2.46. The second-order valence-corrected chi connectivity index (χ2v) is 10.1. The maximum absolute atomic E-state index is 13.4. The molecule has 3 heterocycles. The monoisotopic (exact) mass is 506 g/mol. The Morgan fingerprint density at radius 2 is 1.76 bits per heavy atom. The van der Waals surface area contributed by atoms with Gasteiger partial charge in [0.15, 0.2) is 0 Å². The van der Waals surface area contributed by atoms with Gasteiger partial charge in [0.1, 0.15) is 11.9 Å². The van der Waals surface area contributed by atoms with Crippen LogP contribution in [0.5, 0.6) is 0 Å². The fourth-order valence-electron chi connectivity index (χ4n) is 5.22. The number of nitrogens with zero attached hydrogens (tertiary/aromatic N) is 2. The Bertz CT molecular complexity index is 1300. The predicted octanol–water partition coefficient (Wildman–Crippen LogP) is 2.26. The van der Waals surface area contributed by atoms with Crippen LogP contribution in [-0.4, -0.2) is 60.1 Å². The highest BCUT2D eigenvalue weighted by molar-refractivity contribution is 6.25. The summed E-state index contributed by atoms with van der Waals surface area (Å²) in [5.74, 6) is -2.76. The van der Waals surface area contributed by atoms with E-state index in [1.807, 2.05) is 0 Å². The Hall–Kier alpha value is -4.08. The third-order valence-corrected chi connectivity index (χ3v) is 7.54. The summed E-state index contributed by atoms with van der Waals surface area (Å²) in [6.07, 6.45) is 1.65. The van der Waals surface area contributed by atoms with Crippen LogP contribution in [-0.2, 0) is 9.59 Å². The fourth-order valence-corrected chi connectivity index (χ4v) is 5.22. The number of carbonyl (C=O) groups is 5. The standard InChI is InChI=1S/C27H27FN4O5/c1-27(15-29-23(34)16-5-7-17(28)8-6-16)11-13-31(14-12-27)19-4-2-3-18-22(19)26(37)32(25(18)36)20-9-10-21(33)30-24(20)35/h2-8,20H,9-15H2,1H3,(H,29,34)(H,30,33,35). The first-order valence-corrected chi connectivity index (χ1v) is 12.3. The molecule has 9 nitrogen and oxygen atoms in total. The molecule has 2 aromatic rings. The van der Waals surface area contributed by atoms with Crippen molar-refractivity contribution in [3.63, 3.8) is 0 Å². The summed E-state index contributed by atoms with van der Waals surface area (Å²) in [6.45, 7) is 3.76. The smallest absolute Gasteiger partial charge is 0.264 e. The molecule has 0 bridgehead atoms. The number of amides is 5. The summed E-state index contributed by atoms with van der Waals surface area (Å²) in [5, 5.41) is 5.15. The van der Waals surface area contributed by atoms with Crippen molar-refractivity contribution in [3.8, 4) is 0 Å². The van der Waals surface area contributed by atoms with Crippen molar-refractivity contribution < 1.29 is 28.4 Å². The zero-order valence-corrected chi connectivity index (χ0v) is 20.4. The lowest BCUT2D eigenvalue weighted by atomic mass is 9.80. The first-order chi connectivity index (χ1) is 17.7. The maximum atomic E-state index is 13.4. The number of benzene rings is 2. The molecule has 0 radical (unpaired) electrons. The molecule has 2 fully saturated rings. The van der Waals surface area contributed by atoms with E-state index in [1.54, 1.807) is 18.2 Å². The van der Waals surface area contributed by atoms with E-state index in [1.165, 1.54) is 24.3 Å². The molecule has 1 atom stereocenters. The van der Waals surface area contributed by atoms with Gasteiger partial charge in [0.25, 0.3) is 17.7 Å². The molecule has 10 heteroatoms. The van der Waals surface area contributed by atoms with E-state index in [9.17, 15) is 28.4 Å². The van der Waals surface area contributed by atoms with Gasteiger partial charge >= 0.3 is 0 Å². The van der Waals surface area contributed by atoms with Gasteiger partial charge in [-0.25, -0.2) is 4.39 Å². The van der Waals surface area contributed by atoms with E-state index in [-0.39, 0.29) is 35.3 Å². The van der Waals surface area contributed by atoms with Gasteiger partial charge in [-0.05, 0) is 61.1 Å². The Kier molecular flexibility index (Phi) is 6.26. The summed E-state index contributed by atoms with van der Waals surface area (Å²) in [5.41, 5.74) is 1.40. The maximum Gasteiger partial charge on any atom is 0.264 e. The number of carbonyl (C=O) groups excluding carboxylic acids is 5. The van der Waals surface area contributed by atoms with E-state index in [0.717, 1.165) is 17.7 Å². The zero-order valence-electron chi connectivity index (χ0n) is 20.4. The van der Waals surface area contributed by atoms with Crippen LogP contribution in [0.2, 0.25) is 0 Å². The second-order valence-electron chi connectivity index (χ2n) is 10.1. The van der Waals surface area contributed by atoms with E-state index in [0.29, 0.717) is 30.9 Å². The van der Waals surface area contributed by atoms with Crippen molar-refractivity contribution in [2.75, 3.05) is 24.5 Å². The highest BCUT2D eigenvalue weighted by Crippen LogP contribution is 2.38. The minimum absolute atomic E-state index is 0.0685. The van der Waals surface area contributed by atoms with Gasteiger partial charge in [0.05, 0.1) is 16.8 Å². The molecule has 0 aliphatic carbocycles. The van der Waals surface area contributed by atoms with Crippen LogP contribution in [0.4, 0.5) is 10.1 Å². The van der Waals surface area contributed by atoms with Crippen LogP contribution in [0.15, 0.2) is 42.5 Å². The average molecular weight is 507 g/mol. The van der Waals surface area contributed by atoms with Gasteiger partial charge in [0, 0.05) is 31.6 Å². The van der Waals surface area contributed by atoms with Gasteiger partial charge in [-0.2, -0.15) is 0 Å². The molecule has 0 aromatic heterocycles. The van der Waals surface area contributed by atoms with Crippen LogP contribution in [0.3, 0.4) is 0 Å². The molecule has 3 aliphatic rings. The van der Waals surface area contributed by atoms with Gasteiger partial charge in [-0.3, -0.25) is 34.2 Å². The molecule has 3 aliphatic heterocycles. The molecule has 192 valence electrons. The minimum Gasteiger partial charge on any atom is -0.371 e. The van der Waals surface area contributed by atoms with Crippen molar-refractivity contribution in [1.29, 1.82) is 0 Å². The van der Waals surface area contributed by atoms with Crippen molar-refractivity contribution in [2.24, 2.45) is 5.41 Å². The van der Waals surface area contributed by atoms with E-state index >= 15 is 0 Å². The van der Waals surface area contributed by atoms with Crippen LogP contribution in [0, 0.1) is 11.2 Å². The Morgan fingerprint density at radius 3 is 2.43 bits per heavy atom. The summed E-state index contributed by atoms with van der Waals surface area (Å²) >= 11 is 0. The largest absolute Gasteiger partial charge is 0.371 e. The normalized spacial score (nSPS) is 21.1. The average Bonchev–Trinajstić information content (AvgIpc) is 3.14. The molecule has 2 N–H and O–H groups in total. The fraction of sp³-hybridized carbons (Fsp3) is 0.370. The number of anilines is 1. The summed E-state index contributed by atoms with van der Waals surface area (Å²) in [4.78, 5) is 65.9. The van der Waals surface area contributed by atoms with Gasteiger partial charge in [-0.15, -0.1) is 0 Å². The molecule has 37 heavy (non-hydrogen) atoms. The Labute approximate surface area is 213 Å².